The molecule has 0 amide bonds. The van der Waals surface area contributed by atoms with Crippen LogP contribution in [0.1, 0.15) is 41.8 Å². The summed E-state index contributed by atoms with van der Waals surface area (Å²) in [5.74, 6) is 0. The lowest BCUT2D eigenvalue weighted by Crippen LogP contribution is -2.26. The zero-order chi connectivity index (χ0) is 39.3. The first-order chi connectivity index (χ1) is 27.2. The van der Waals surface area contributed by atoms with Crippen LogP contribution >= 0.6 is 38.5 Å². The fourth-order valence-corrected chi connectivity index (χ4v) is 16.1. The maximum absolute atomic E-state index is 2.34. The van der Waals surface area contributed by atoms with E-state index in [-0.39, 0.29) is 0 Å². The topological polar surface area (TPSA) is 0 Å². The smallest absolute Gasteiger partial charge is 0.0107 e. The minimum Gasteiger partial charge on any atom is -0.145 e. The van der Waals surface area contributed by atoms with Crippen LogP contribution in [0.5, 0.6) is 0 Å². The summed E-state index contributed by atoms with van der Waals surface area (Å²) in [5, 5.41) is 8.67. The lowest BCUT2D eigenvalue weighted by atomic mass is 9.90. The molecule has 0 atom stereocenters. The standard InChI is InChI=1S/C36H32P2S2.C16H18/c1-25-33(35(27(3)39-25)37(29-17-9-5-10-18-29)30-19-11-6-12-20-30)34-26(2)40-28(4)36(34)38(31-21-13-7-14-22-31)32-23-15-8-16-24-32;1-11-7-5-8-12(2)15(11)16-13(3)9-6-10-14(16)4/h5-24H,1-4H3;5-10H,1-4H3. The summed E-state index contributed by atoms with van der Waals surface area (Å²) in [6, 6.07) is 57.6. The van der Waals surface area contributed by atoms with Gasteiger partial charge in [0.25, 0.3) is 0 Å². The van der Waals surface area contributed by atoms with Crippen LogP contribution in [-0.4, -0.2) is 0 Å². The van der Waals surface area contributed by atoms with Gasteiger partial charge in [0.1, 0.15) is 0 Å². The maximum atomic E-state index is 2.34. The van der Waals surface area contributed by atoms with Crippen molar-refractivity contribution in [2.24, 2.45) is 0 Å². The van der Waals surface area contributed by atoms with E-state index in [4.69, 9.17) is 0 Å². The molecule has 6 aromatic carbocycles. The van der Waals surface area contributed by atoms with Crippen LogP contribution in [0.3, 0.4) is 0 Å². The molecule has 0 nitrogen and oxygen atoms in total. The number of hydrogen-bond donors (Lipinski definition) is 0. The second kappa shape index (κ2) is 17.8. The molecule has 280 valence electrons. The van der Waals surface area contributed by atoms with Gasteiger partial charge in [-0.25, -0.2) is 0 Å². The number of thiophene rings is 2. The van der Waals surface area contributed by atoms with Crippen molar-refractivity contribution in [3.05, 3.63) is 199 Å². The molecule has 0 fully saturated rings. The Morgan fingerprint density at radius 1 is 0.268 bits per heavy atom. The largest absolute Gasteiger partial charge is 0.145 e. The predicted octanol–water partition coefficient (Wildman–Crippen LogP) is 12.8. The molecule has 0 aliphatic rings. The normalized spacial score (nSPS) is 11.2. The van der Waals surface area contributed by atoms with E-state index in [0.29, 0.717) is 0 Å². The van der Waals surface area contributed by atoms with Gasteiger partial charge in [-0.1, -0.05) is 158 Å². The zero-order valence-electron chi connectivity index (χ0n) is 33.7. The van der Waals surface area contributed by atoms with Crippen molar-refractivity contribution in [3.8, 4) is 22.3 Å². The Hall–Kier alpha value is -4.42. The molecule has 8 aromatic rings. The number of aryl methyl sites for hydroxylation is 8. The molecule has 0 saturated carbocycles. The third-order valence-electron chi connectivity index (χ3n) is 10.4. The van der Waals surface area contributed by atoms with Crippen LogP contribution in [0.4, 0.5) is 0 Å². The molecule has 56 heavy (non-hydrogen) atoms. The highest BCUT2D eigenvalue weighted by Crippen LogP contribution is 2.48. The molecule has 0 aliphatic carbocycles. The summed E-state index contributed by atoms with van der Waals surface area (Å²) < 4.78 is 0. The van der Waals surface area contributed by atoms with E-state index in [1.807, 2.05) is 22.7 Å². The van der Waals surface area contributed by atoms with E-state index in [9.17, 15) is 0 Å². The van der Waals surface area contributed by atoms with Gasteiger partial charge in [-0.3, -0.25) is 0 Å². The van der Waals surface area contributed by atoms with Crippen LogP contribution in [0.25, 0.3) is 22.3 Å². The summed E-state index contributed by atoms with van der Waals surface area (Å²) in [6.45, 7) is 18.1. The van der Waals surface area contributed by atoms with Crippen molar-refractivity contribution in [2.75, 3.05) is 0 Å². The molecule has 0 unspecified atom stereocenters. The van der Waals surface area contributed by atoms with Crippen LogP contribution in [0.15, 0.2) is 158 Å². The lowest BCUT2D eigenvalue weighted by molar-refractivity contribution is 1.32. The molecule has 0 aliphatic heterocycles. The average molecular weight is 801 g/mol. The Kier molecular flexibility index (Phi) is 12.7. The Bertz CT molecular complexity index is 2250. The van der Waals surface area contributed by atoms with Gasteiger partial charge in [-0.15, -0.1) is 22.7 Å². The van der Waals surface area contributed by atoms with Gasteiger partial charge >= 0.3 is 0 Å². The van der Waals surface area contributed by atoms with Gasteiger partial charge in [0.15, 0.2) is 0 Å². The molecular weight excluding hydrogens is 751 g/mol. The Labute approximate surface area is 345 Å². The van der Waals surface area contributed by atoms with Gasteiger partial charge in [0.05, 0.1) is 0 Å². The highest BCUT2D eigenvalue weighted by atomic mass is 32.1. The summed E-state index contributed by atoms with van der Waals surface area (Å²) in [5.41, 5.74) is 11.2. The molecule has 2 heterocycles. The lowest BCUT2D eigenvalue weighted by Gasteiger charge is -2.25. The molecule has 0 radical (unpaired) electrons. The fraction of sp³-hybridized carbons (Fsp3) is 0.154. The SMILES string of the molecule is Cc1cccc(C)c1-c1c(C)cccc1C.Cc1sc(C)c(P(c2ccccc2)c2ccccc2)c1-c1c(C)sc(C)c1P(c1ccccc1)c1ccccc1. The third kappa shape index (κ3) is 8.18. The Balaban J connectivity index is 0.000000251. The van der Waals surface area contributed by atoms with Gasteiger partial charge in [0.2, 0.25) is 0 Å². The van der Waals surface area contributed by atoms with Crippen molar-refractivity contribution in [1.29, 1.82) is 0 Å². The third-order valence-corrected chi connectivity index (χ3v) is 18.0. The number of benzene rings is 6. The molecule has 0 bridgehead atoms. The summed E-state index contributed by atoms with van der Waals surface area (Å²) >= 11 is 3.93. The first-order valence-corrected chi connectivity index (χ1v) is 23.6. The molecule has 0 spiro atoms. The Morgan fingerprint density at radius 2 is 0.518 bits per heavy atom. The Morgan fingerprint density at radius 3 is 0.768 bits per heavy atom. The van der Waals surface area contributed by atoms with Crippen molar-refractivity contribution < 1.29 is 0 Å². The first-order valence-electron chi connectivity index (χ1n) is 19.3. The van der Waals surface area contributed by atoms with Crippen LogP contribution in [0, 0.1) is 55.4 Å². The van der Waals surface area contributed by atoms with Crippen LogP contribution in [-0.2, 0) is 0 Å². The zero-order valence-corrected chi connectivity index (χ0v) is 37.1. The van der Waals surface area contributed by atoms with Gasteiger partial charge < -0.3 is 0 Å². The minimum atomic E-state index is -0.711. The second-order valence-electron chi connectivity index (χ2n) is 14.4. The van der Waals surface area contributed by atoms with Crippen LogP contribution in [0.2, 0.25) is 0 Å². The van der Waals surface area contributed by atoms with Crippen molar-refractivity contribution in [1.82, 2.24) is 0 Å². The highest BCUT2D eigenvalue weighted by Gasteiger charge is 2.32. The van der Waals surface area contributed by atoms with Crippen molar-refractivity contribution >= 4 is 70.3 Å². The summed E-state index contributed by atoms with van der Waals surface area (Å²) in [6.07, 6.45) is 0. The molecule has 8 rings (SSSR count). The maximum Gasteiger partial charge on any atom is 0.0107 e. The van der Waals surface area contributed by atoms with Crippen molar-refractivity contribution in [2.45, 2.75) is 55.4 Å². The molecule has 2 aromatic heterocycles. The van der Waals surface area contributed by atoms with E-state index in [0.717, 1.165) is 0 Å². The van der Waals surface area contributed by atoms with E-state index in [1.165, 1.54) is 95.8 Å². The quantitative estimate of drug-likeness (QED) is 0.134. The first kappa shape index (κ1) is 39.8. The monoisotopic (exact) mass is 800 g/mol. The molecule has 4 heteroatoms. The van der Waals surface area contributed by atoms with Gasteiger partial charge in [-0.2, -0.15) is 0 Å². The van der Waals surface area contributed by atoms with Gasteiger partial charge in [-0.05, 0) is 126 Å². The molecule has 0 N–H and O–H groups in total. The average Bonchev–Trinajstić information content (AvgIpc) is 3.65. The summed E-state index contributed by atoms with van der Waals surface area (Å²) in [7, 11) is -1.42. The fourth-order valence-electron chi connectivity index (χ4n) is 8.01. The van der Waals surface area contributed by atoms with Gasteiger partial charge in [0, 0.05) is 41.2 Å². The van der Waals surface area contributed by atoms with E-state index < -0.39 is 15.8 Å². The van der Waals surface area contributed by atoms with Crippen LogP contribution < -0.4 is 31.8 Å². The number of hydrogen-bond acceptors (Lipinski definition) is 2. The van der Waals surface area contributed by atoms with E-state index in [2.05, 4.69) is 213 Å². The number of rotatable bonds is 8. The van der Waals surface area contributed by atoms with E-state index in [1.54, 1.807) is 0 Å². The predicted molar refractivity (Wildman–Crippen MR) is 255 cm³/mol. The minimum absolute atomic E-state index is 0.711. The summed E-state index contributed by atoms with van der Waals surface area (Å²) in [4.78, 5) is 5.71. The second-order valence-corrected chi connectivity index (χ2v) is 21.6. The van der Waals surface area contributed by atoms with Crippen molar-refractivity contribution in [3.63, 3.8) is 0 Å². The molecular formula is C52H50P2S2. The molecule has 0 saturated heterocycles. The van der Waals surface area contributed by atoms with E-state index >= 15 is 0 Å². The highest BCUT2D eigenvalue weighted by molar-refractivity contribution is 7.81.